The Kier molecular flexibility index (Phi) is 1.20. The standard InChI is InChI=1S/C4H3NOS/c7-3-4-1-5-6-2-4/h1H,2H2. The van der Waals surface area contributed by atoms with Gasteiger partial charge in [0.15, 0.2) is 6.61 Å². The Hall–Kier alpha value is -0.660. The molecule has 0 radical (unpaired) electrons. The second kappa shape index (κ2) is 1.87. The van der Waals surface area contributed by atoms with Gasteiger partial charge >= 0.3 is 0 Å². The van der Waals surface area contributed by atoms with Crippen molar-refractivity contribution in [2.24, 2.45) is 5.16 Å². The van der Waals surface area contributed by atoms with Crippen molar-refractivity contribution in [2.45, 2.75) is 0 Å². The van der Waals surface area contributed by atoms with Crippen molar-refractivity contribution >= 4 is 23.5 Å². The summed E-state index contributed by atoms with van der Waals surface area (Å²) in [6.45, 7) is 0.490. The van der Waals surface area contributed by atoms with E-state index in [2.05, 4.69) is 27.2 Å². The van der Waals surface area contributed by atoms with Gasteiger partial charge in [-0.05, 0) is 17.2 Å². The zero-order valence-electron chi connectivity index (χ0n) is 3.55. The number of rotatable bonds is 0. The summed E-state index contributed by atoms with van der Waals surface area (Å²) in [6.07, 6.45) is 1.56. The predicted molar refractivity (Wildman–Crippen MR) is 30.6 cm³/mol. The van der Waals surface area contributed by atoms with Gasteiger partial charge < -0.3 is 4.84 Å². The van der Waals surface area contributed by atoms with Gasteiger partial charge in [-0.25, -0.2) is 0 Å². The van der Waals surface area contributed by atoms with E-state index in [1.165, 1.54) is 0 Å². The number of hydrogen-bond acceptors (Lipinski definition) is 3. The third-order valence-corrected chi connectivity index (χ3v) is 0.896. The summed E-state index contributed by atoms with van der Waals surface area (Å²) >= 11 is 4.45. The number of nitrogens with zero attached hydrogens (tertiary/aromatic N) is 1. The molecule has 1 heterocycles. The molecule has 0 unspecified atom stereocenters. The van der Waals surface area contributed by atoms with Crippen LogP contribution in [0.5, 0.6) is 0 Å². The Balaban J connectivity index is 2.77. The number of thiocarbonyl (C=S) groups is 1. The van der Waals surface area contributed by atoms with Crippen LogP contribution in [0.25, 0.3) is 0 Å². The van der Waals surface area contributed by atoms with Crippen molar-refractivity contribution in [2.75, 3.05) is 6.61 Å². The second-order valence-corrected chi connectivity index (χ2v) is 1.34. The largest absolute Gasteiger partial charge is 0.390 e. The molecule has 1 aliphatic rings. The lowest BCUT2D eigenvalue weighted by molar-refractivity contribution is 0.188. The third-order valence-electron chi connectivity index (χ3n) is 0.634. The highest BCUT2D eigenvalue weighted by molar-refractivity contribution is 7.78. The summed E-state index contributed by atoms with van der Waals surface area (Å²) in [7, 11) is 0. The van der Waals surface area contributed by atoms with Gasteiger partial charge in [-0.2, -0.15) is 0 Å². The highest BCUT2D eigenvalue weighted by Gasteiger charge is 1.97. The van der Waals surface area contributed by atoms with Gasteiger partial charge in [0, 0.05) is 0 Å². The summed E-state index contributed by atoms with van der Waals surface area (Å²) in [6, 6.07) is 0. The van der Waals surface area contributed by atoms with Gasteiger partial charge in [0.25, 0.3) is 0 Å². The van der Waals surface area contributed by atoms with Gasteiger partial charge in [-0.3, -0.25) is 0 Å². The zero-order chi connectivity index (χ0) is 5.11. The predicted octanol–water partition coefficient (Wildman–Crippen LogP) is 0.527. The fraction of sp³-hybridized carbons (Fsp3) is 0.250. The minimum absolute atomic E-state index is 0.490. The van der Waals surface area contributed by atoms with E-state index in [1.807, 2.05) is 0 Å². The molecule has 0 fully saturated rings. The van der Waals surface area contributed by atoms with E-state index < -0.39 is 0 Å². The molecule has 7 heavy (non-hydrogen) atoms. The van der Waals surface area contributed by atoms with Crippen LogP contribution >= 0.6 is 12.2 Å². The minimum atomic E-state index is 0.490. The van der Waals surface area contributed by atoms with Crippen molar-refractivity contribution < 1.29 is 4.84 Å². The molecule has 0 spiro atoms. The van der Waals surface area contributed by atoms with Gasteiger partial charge in [0.2, 0.25) is 0 Å². The van der Waals surface area contributed by atoms with Crippen molar-refractivity contribution in [1.82, 2.24) is 0 Å². The zero-order valence-corrected chi connectivity index (χ0v) is 4.36. The molecule has 0 aliphatic carbocycles. The van der Waals surface area contributed by atoms with Crippen LogP contribution in [0.3, 0.4) is 0 Å². The molecule has 0 atom stereocenters. The fourth-order valence-electron chi connectivity index (χ4n) is 0.301. The molecule has 1 aliphatic heterocycles. The monoisotopic (exact) mass is 113 g/mol. The van der Waals surface area contributed by atoms with Gasteiger partial charge in [0.1, 0.15) is 0 Å². The van der Waals surface area contributed by atoms with Crippen LogP contribution < -0.4 is 0 Å². The van der Waals surface area contributed by atoms with Gasteiger partial charge in [-0.1, -0.05) is 5.16 Å². The number of oxime groups is 1. The summed E-state index contributed by atoms with van der Waals surface area (Å²) < 4.78 is 0. The Morgan fingerprint density at radius 3 is 3.14 bits per heavy atom. The van der Waals surface area contributed by atoms with Crippen molar-refractivity contribution in [3.05, 3.63) is 5.57 Å². The van der Waals surface area contributed by atoms with Crippen LogP contribution in [0.4, 0.5) is 0 Å². The Morgan fingerprint density at radius 1 is 2.00 bits per heavy atom. The topological polar surface area (TPSA) is 21.6 Å². The minimum Gasteiger partial charge on any atom is -0.390 e. The lowest BCUT2D eigenvalue weighted by atomic mass is 10.4. The molecule has 0 aromatic carbocycles. The van der Waals surface area contributed by atoms with Crippen LogP contribution in [0, 0.1) is 0 Å². The van der Waals surface area contributed by atoms with E-state index in [4.69, 9.17) is 0 Å². The lowest BCUT2D eigenvalue weighted by Gasteiger charge is -1.78. The maximum Gasteiger partial charge on any atom is 0.151 e. The Morgan fingerprint density at radius 2 is 2.86 bits per heavy atom. The van der Waals surface area contributed by atoms with E-state index in [0.29, 0.717) is 6.61 Å². The average molecular weight is 113 g/mol. The average Bonchev–Trinajstić information content (AvgIpc) is 2.14. The molecule has 0 aromatic heterocycles. The van der Waals surface area contributed by atoms with E-state index in [9.17, 15) is 0 Å². The van der Waals surface area contributed by atoms with E-state index >= 15 is 0 Å². The van der Waals surface area contributed by atoms with Gasteiger partial charge in [-0.15, -0.1) is 0 Å². The van der Waals surface area contributed by atoms with Crippen molar-refractivity contribution in [3.8, 4) is 0 Å². The molecule has 0 bridgehead atoms. The summed E-state index contributed by atoms with van der Waals surface area (Å²) in [5, 5.41) is 5.93. The first kappa shape index (κ1) is 4.50. The molecular formula is C4H3NOS. The highest BCUT2D eigenvalue weighted by Crippen LogP contribution is 1.94. The molecule has 0 saturated heterocycles. The fourth-order valence-corrected chi connectivity index (χ4v) is 0.412. The molecule has 1 rings (SSSR count). The molecule has 0 N–H and O–H groups in total. The van der Waals surface area contributed by atoms with Gasteiger partial charge in [0.05, 0.1) is 11.8 Å². The highest BCUT2D eigenvalue weighted by atomic mass is 32.1. The van der Waals surface area contributed by atoms with Crippen LogP contribution in [0.15, 0.2) is 10.7 Å². The Labute approximate surface area is 46.5 Å². The molecule has 0 amide bonds. The van der Waals surface area contributed by atoms with E-state index in [-0.39, 0.29) is 0 Å². The lowest BCUT2D eigenvalue weighted by Crippen LogP contribution is -1.82. The smallest absolute Gasteiger partial charge is 0.151 e. The quantitative estimate of drug-likeness (QED) is 0.427. The first-order chi connectivity index (χ1) is 3.43. The van der Waals surface area contributed by atoms with E-state index in [0.717, 1.165) is 5.57 Å². The summed E-state index contributed by atoms with van der Waals surface area (Å²) in [5.74, 6) is 0. The molecule has 3 heteroatoms. The maximum atomic E-state index is 4.55. The molecule has 36 valence electrons. The van der Waals surface area contributed by atoms with Crippen molar-refractivity contribution in [1.29, 1.82) is 0 Å². The maximum absolute atomic E-state index is 4.55. The van der Waals surface area contributed by atoms with Crippen LogP contribution in [0.2, 0.25) is 0 Å². The summed E-state index contributed by atoms with van der Waals surface area (Å²) in [5.41, 5.74) is 0.843. The number of hydrogen-bond donors (Lipinski definition) is 0. The Bertz CT molecular complexity index is 146. The molecular weight excluding hydrogens is 110 g/mol. The second-order valence-electron chi connectivity index (χ2n) is 1.14. The first-order valence-electron chi connectivity index (χ1n) is 1.83. The molecule has 0 saturated carbocycles. The van der Waals surface area contributed by atoms with Crippen LogP contribution in [0.1, 0.15) is 0 Å². The SMILES string of the molecule is S=C=C1C=NOC1. The van der Waals surface area contributed by atoms with E-state index in [1.54, 1.807) is 6.21 Å². The third kappa shape index (κ3) is 0.856. The first-order valence-corrected chi connectivity index (χ1v) is 2.23. The van der Waals surface area contributed by atoms with Crippen molar-refractivity contribution in [3.63, 3.8) is 0 Å². The summed E-state index contributed by atoms with van der Waals surface area (Å²) in [4.78, 5) is 4.55. The molecule has 2 nitrogen and oxygen atoms in total. The van der Waals surface area contributed by atoms with Crippen LogP contribution in [-0.2, 0) is 4.84 Å². The molecule has 0 aromatic rings. The normalized spacial score (nSPS) is 16.3. The van der Waals surface area contributed by atoms with Crippen LogP contribution in [-0.4, -0.2) is 17.8 Å².